The van der Waals surface area contributed by atoms with Crippen molar-refractivity contribution in [3.8, 4) is 0 Å². The number of amides is 2. The number of hydrogen-bond acceptors (Lipinski definition) is 3. The molecule has 2 N–H and O–H groups in total. The molecule has 36 heavy (non-hydrogen) atoms. The number of benzene rings is 3. The molecule has 1 heterocycles. The van der Waals surface area contributed by atoms with Gasteiger partial charge in [-0.3, -0.25) is 4.90 Å². The molecule has 0 atom stereocenters. The van der Waals surface area contributed by atoms with E-state index in [1.54, 1.807) is 17.0 Å². The molecule has 3 aromatic rings. The van der Waals surface area contributed by atoms with Crippen molar-refractivity contribution < 1.29 is 4.79 Å². The standard InChI is InChI=1S/C29H31N5OS/c1-30-28(36)31-23-16-18-24(19-17-23)34-26-15-9-8-14-25(26)27(22-12-6-3-7-13-22)32-33(29(34)35)20-21-10-4-2-5-11-21/h2,4-5,8-11,14-19,22H,3,6-7,12-13,20H2,1H3,(H2,30,31,36). The SMILES string of the molecule is CNC(=S)Nc1ccc(N2C(=O)N(Cc3ccccc3)N=C(C3CCCCC3)c3ccccc32)cc1. The number of thiocarbonyl (C=S) groups is 1. The summed E-state index contributed by atoms with van der Waals surface area (Å²) < 4.78 is 0. The van der Waals surface area contributed by atoms with E-state index < -0.39 is 0 Å². The van der Waals surface area contributed by atoms with E-state index in [4.69, 9.17) is 17.3 Å². The van der Waals surface area contributed by atoms with Crippen molar-refractivity contribution in [1.29, 1.82) is 0 Å². The van der Waals surface area contributed by atoms with Crippen LogP contribution in [0.1, 0.15) is 43.2 Å². The Bertz CT molecular complexity index is 1250. The molecule has 0 unspecified atom stereocenters. The van der Waals surface area contributed by atoms with Gasteiger partial charge in [0.25, 0.3) is 0 Å². The summed E-state index contributed by atoms with van der Waals surface area (Å²) >= 11 is 5.23. The fourth-order valence-electron chi connectivity index (χ4n) is 5.00. The number of carbonyl (C=O) groups is 1. The summed E-state index contributed by atoms with van der Waals surface area (Å²) in [6, 6.07) is 25.8. The third-order valence-electron chi connectivity index (χ3n) is 6.84. The first kappa shape index (κ1) is 24.0. The highest BCUT2D eigenvalue weighted by Crippen LogP contribution is 2.38. The van der Waals surface area contributed by atoms with Crippen molar-refractivity contribution in [3.63, 3.8) is 0 Å². The molecule has 7 heteroatoms. The monoisotopic (exact) mass is 497 g/mol. The zero-order valence-electron chi connectivity index (χ0n) is 20.5. The highest BCUT2D eigenvalue weighted by molar-refractivity contribution is 7.80. The number of urea groups is 1. The van der Waals surface area contributed by atoms with Crippen LogP contribution in [0.2, 0.25) is 0 Å². The zero-order chi connectivity index (χ0) is 24.9. The van der Waals surface area contributed by atoms with Crippen LogP contribution in [0, 0.1) is 5.92 Å². The van der Waals surface area contributed by atoms with Gasteiger partial charge < -0.3 is 10.6 Å². The summed E-state index contributed by atoms with van der Waals surface area (Å²) in [4.78, 5) is 15.9. The van der Waals surface area contributed by atoms with Crippen LogP contribution in [0.5, 0.6) is 0 Å². The van der Waals surface area contributed by atoms with E-state index in [-0.39, 0.29) is 6.03 Å². The third kappa shape index (κ3) is 5.11. The molecule has 2 amide bonds. The average Bonchev–Trinajstić information content (AvgIpc) is 3.04. The minimum Gasteiger partial charge on any atom is -0.366 e. The van der Waals surface area contributed by atoms with Crippen LogP contribution in [0.15, 0.2) is 84.0 Å². The number of nitrogens with zero attached hydrogens (tertiary/aromatic N) is 3. The number of hydrogen-bond donors (Lipinski definition) is 2. The lowest BCUT2D eigenvalue weighted by molar-refractivity contribution is 0.207. The van der Waals surface area contributed by atoms with Crippen molar-refractivity contribution in [2.75, 3.05) is 17.3 Å². The molecule has 0 spiro atoms. The molecule has 0 radical (unpaired) electrons. The topological polar surface area (TPSA) is 60.0 Å². The summed E-state index contributed by atoms with van der Waals surface area (Å²) in [6.45, 7) is 0.413. The molecule has 5 rings (SSSR count). The minimum absolute atomic E-state index is 0.163. The highest BCUT2D eigenvalue weighted by Gasteiger charge is 2.34. The number of fused-ring (bicyclic) bond motifs is 1. The first-order valence-electron chi connectivity index (χ1n) is 12.6. The Hall–Kier alpha value is -3.71. The van der Waals surface area contributed by atoms with Crippen molar-refractivity contribution in [1.82, 2.24) is 10.3 Å². The van der Waals surface area contributed by atoms with E-state index in [1.165, 1.54) is 19.3 Å². The number of nitrogens with one attached hydrogen (secondary N) is 2. The maximum Gasteiger partial charge on any atom is 0.349 e. The van der Waals surface area contributed by atoms with Crippen LogP contribution >= 0.6 is 12.2 Å². The second-order valence-electron chi connectivity index (χ2n) is 9.25. The van der Waals surface area contributed by atoms with Crippen LogP contribution in [-0.2, 0) is 6.54 Å². The molecule has 2 aliphatic rings. The first-order valence-corrected chi connectivity index (χ1v) is 13.0. The Labute approximate surface area is 218 Å². The van der Waals surface area contributed by atoms with Gasteiger partial charge in [0, 0.05) is 24.2 Å². The predicted molar refractivity (Wildman–Crippen MR) is 151 cm³/mol. The number of para-hydroxylation sites is 1. The van der Waals surface area contributed by atoms with E-state index in [0.29, 0.717) is 17.6 Å². The van der Waals surface area contributed by atoms with Gasteiger partial charge in [-0.15, -0.1) is 0 Å². The van der Waals surface area contributed by atoms with Crippen LogP contribution in [-0.4, -0.2) is 28.9 Å². The normalized spacial score (nSPS) is 16.1. The van der Waals surface area contributed by atoms with Gasteiger partial charge in [0.2, 0.25) is 0 Å². The Morgan fingerprint density at radius 3 is 2.36 bits per heavy atom. The van der Waals surface area contributed by atoms with Gasteiger partial charge in [0.1, 0.15) is 0 Å². The van der Waals surface area contributed by atoms with E-state index in [2.05, 4.69) is 16.7 Å². The van der Waals surface area contributed by atoms with Crippen molar-refractivity contribution >= 4 is 46.1 Å². The number of rotatable bonds is 5. The van der Waals surface area contributed by atoms with Crippen molar-refractivity contribution in [2.45, 2.75) is 38.6 Å². The van der Waals surface area contributed by atoms with Gasteiger partial charge in [-0.1, -0.05) is 67.8 Å². The third-order valence-corrected chi connectivity index (χ3v) is 7.15. The zero-order valence-corrected chi connectivity index (χ0v) is 21.3. The van der Waals surface area contributed by atoms with Crippen LogP contribution < -0.4 is 15.5 Å². The molecule has 3 aromatic carbocycles. The summed E-state index contributed by atoms with van der Waals surface area (Å²) in [5, 5.41) is 13.3. The molecule has 0 aromatic heterocycles. The lowest BCUT2D eigenvalue weighted by Crippen LogP contribution is -2.36. The Balaban J connectivity index is 1.58. The van der Waals surface area contributed by atoms with Gasteiger partial charge in [-0.25, -0.2) is 9.80 Å². The Kier molecular flexibility index (Phi) is 7.28. The molecule has 6 nitrogen and oxygen atoms in total. The molecule has 1 aliphatic heterocycles. The first-order chi connectivity index (χ1) is 17.6. The lowest BCUT2D eigenvalue weighted by Gasteiger charge is -2.27. The van der Waals surface area contributed by atoms with Crippen LogP contribution in [0.4, 0.5) is 21.9 Å². The summed E-state index contributed by atoms with van der Waals surface area (Å²) in [5.74, 6) is 0.347. The van der Waals surface area contributed by atoms with E-state index in [0.717, 1.165) is 46.7 Å². The second-order valence-corrected chi connectivity index (χ2v) is 9.66. The molecular weight excluding hydrogens is 466 g/mol. The highest BCUT2D eigenvalue weighted by atomic mass is 32.1. The van der Waals surface area contributed by atoms with Gasteiger partial charge in [-0.05, 0) is 61.0 Å². The quantitative estimate of drug-likeness (QED) is 0.387. The average molecular weight is 498 g/mol. The van der Waals surface area contributed by atoms with Crippen molar-refractivity contribution in [3.05, 3.63) is 90.0 Å². The van der Waals surface area contributed by atoms with Crippen LogP contribution in [0.3, 0.4) is 0 Å². The molecule has 184 valence electrons. The fourth-order valence-corrected chi connectivity index (χ4v) is 5.12. The lowest BCUT2D eigenvalue weighted by atomic mass is 9.83. The fraction of sp³-hybridized carbons (Fsp3) is 0.276. The van der Waals surface area contributed by atoms with Gasteiger partial charge >= 0.3 is 6.03 Å². The van der Waals surface area contributed by atoms with Gasteiger partial charge in [-0.2, -0.15) is 5.10 Å². The maximum absolute atomic E-state index is 14.1. The molecule has 1 fully saturated rings. The van der Waals surface area contributed by atoms with Gasteiger partial charge in [0.05, 0.1) is 23.6 Å². The molecular formula is C29H31N5OS. The number of anilines is 3. The Morgan fingerprint density at radius 2 is 1.64 bits per heavy atom. The summed E-state index contributed by atoms with van der Waals surface area (Å²) in [7, 11) is 1.78. The molecule has 0 saturated heterocycles. The largest absolute Gasteiger partial charge is 0.366 e. The summed E-state index contributed by atoms with van der Waals surface area (Å²) in [6.07, 6.45) is 5.87. The predicted octanol–water partition coefficient (Wildman–Crippen LogP) is 6.66. The van der Waals surface area contributed by atoms with Crippen LogP contribution in [0.25, 0.3) is 0 Å². The molecule has 1 aliphatic carbocycles. The van der Waals surface area contributed by atoms with Gasteiger partial charge in [0.15, 0.2) is 5.11 Å². The van der Waals surface area contributed by atoms with E-state index in [9.17, 15) is 4.79 Å². The summed E-state index contributed by atoms with van der Waals surface area (Å²) in [5.41, 5.74) is 5.61. The number of hydrazone groups is 1. The number of carbonyl (C=O) groups excluding carboxylic acids is 1. The molecule has 1 saturated carbocycles. The Morgan fingerprint density at radius 1 is 0.944 bits per heavy atom. The van der Waals surface area contributed by atoms with E-state index >= 15 is 0 Å². The minimum atomic E-state index is -0.163. The second kappa shape index (κ2) is 10.9. The van der Waals surface area contributed by atoms with E-state index in [1.807, 2.05) is 72.8 Å². The molecule has 0 bridgehead atoms. The maximum atomic E-state index is 14.1. The van der Waals surface area contributed by atoms with Crippen molar-refractivity contribution in [2.24, 2.45) is 11.0 Å². The smallest absolute Gasteiger partial charge is 0.349 e.